The highest BCUT2D eigenvalue weighted by Gasteiger charge is 2.27. The van der Waals surface area contributed by atoms with E-state index in [0.717, 1.165) is 12.1 Å². The number of hydrogen-bond donors (Lipinski definition) is 2. The molecule has 0 unspecified atom stereocenters. The Morgan fingerprint density at radius 1 is 1.25 bits per heavy atom. The van der Waals surface area contributed by atoms with Crippen LogP contribution in [0, 0.1) is 11.6 Å². The Balaban J connectivity index is 1.89. The summed E-state index contributed by atoms with van der Waals surface area (Å²) in [6, 6.07) is 2.97. The molecule has 20 heavy (non-hydrogen) atoms. The van der Waals surface area contributed by atoms with Gasteiger partial charge in [0.25, 0.3) is 5.91 Å². The lowest BCUT2D eigenvalue weighted by Gasteiger charge is -2.33. The van der Waals surface area contributed by atoms with Gasteiger partial charge >= 0.3 is 0 Å². The summed E-state index contributed by atoms with van der Waals surface area (Å²) in [5.41, 5.74) is 0. The third kappa shape index (κ3) is 3.64. The number of piperidine rings is 1. The zero-order valence-corrected chi connectivity index (χ0v) is 10.6. The van der Waals surface area contributed by atoms with Gasteiger partial charge in [-0.15, -0.1) is 0 Å². The standard InChI is InChI=1S/C13H15F2NO4/c14-11-2-1-10(4-12(11)15)20-7-13(19)16-5-8(17)3-9(18)6-16/h1-2,4,8-9,17-18H,3,5-7H2/t8-,9+. The third-order valence-electron chi connectivity index (χ3n) is 3.01. The van der Waals surface area contributed by atoms with Gasteiger partial charge in [-0.1, -0.05) is 0 Å². The van der Waals surface area contributed by atoms with Crippen LogP contribution in [0.25, 0.3) is 0 Å². The number of carbonyl (C=O) groups is 1. The average Bonchev–Trinajstić information content (AvgIpc) is 2.38. The summed E-state index contributed by atoms with van der Waals surface area (Å²) in [6.45, 7) is -0.126. The van der Waals surface area contributed by atoms with Crippen LogP contribution in [0.5, 0.6) is 5.75 Å². The smallest absolute Gasteiger partial charge is 0.260 e. The molecule has 7 heteroatoms. The van der Waals surface area contributed by atoms with Gasteiger partial charge in [-0.05, 0) is 12.1 Å². The van der Waals surface area contributed by atoms with Crippen molar-refractivity contribution in [1.29, 1.82) is 0 Å². The van der Waals surface area contributed by atoms with Crippen molar-refractivity contribution < 1.29 is 28.5 Å². The third-order valence-corrected chi connectivity index (χ3v) is 3.01. The highest BCUT2D eigenvalue weighted by molar-refractivity contribution is 5.78. The lowest BCUT2D eigenvalue weighted by atomic mass is 10.1. The summed E-state index contributed by atoms with van der Waals surface area (Å²) >= 11 is 0. The minimum Gasteiger partial charge on any atom is -0.484 e. The first-order chi connectivity index (χ1) is 9.45. The molecule has 1 aliphatic rings. The van der Waals surface area contributed by atoms with Crippen molar-refractivity contribution in [1.82, 2.24) is 4.90 Å². The summed E-state index contributed by atoms with van der Waals surface area (Å²) < 4.78 is 30.7. The highest BCUT2D eigenvalue weighted by atomic mass is 19.2. The normalized spacial score (nSPS) is 22.7. The summed E-state index contributed by atoms with van der Waals surface area (Å²) in [5, 5.41) is 18.9. The topological polar surface area (TPSA) is 70.0 Å². The first-order valence-corrected chi connectivity index (χ1v) is 6.17. The molecule has 0 radical (unpaired) electrons. The second-order valence-corrected chi connectivity index (χ2v) is 4.71. The minimum atomic E-state index is -1.06. The van der Waals surface area contributed by atoms with Gasteiger partial charge in [-0.3, -0.25) is 4.79 Å². The van der Waals surface area contributed by atoms with Gasteiger partial charge in [-0.25, -0.2) is 8.78 Å². The van der Waals surface area contributed by atoms with Gasteiger partial charge < -0.3 is 19.8 Å². The maximum atomic E-state index is 12.9. The Kier molecular flexibility index (Phi) is 4.51. The number of carbonyl (C=O) groups excluding carboxylic acids is 1. The molecular formula is C13H15F2NO4. The van der Waals surface area contributed by atoms with Crippen molar-refractivity contribution >= 4 is 5.91 Å². The molecular weight excluding hydrogens is 272 g/mol. The number of aliphatic hydroxyl groups is 2. The quantitative estimate of drug-likeness (QED) is 0.839. The van der Waals surface area contributed by atoms with Crippen LogP contribution in [0.3, 0.4) is 0 Å². The van der Waals surface area contributed by atoms with Gasteiger partial charge in [0.05, 0.1) is 12.2 Å². The molecule has 0 aromatic heterocycles. The predicted molar refractivity (Wildman–Crippen MR) is 65.1 cm³/mol. The van der Waals surface area contributed by atoms with Crippen LogP contribution in [0.1, 0.15) is 6.42 Å². The van der Waals surface area contributed by atoms with Crippen molar-refractivity contribution in [3.8, 4) is 5.75 Å². The van der Waals surface area contributed by atoms with Crippen LogP contribution in [-0.4, -0.2) is 52.9 Å². The van der Waals surface area contributed by atoms with Crippen molar-refractivity contribution in [2.24, 2.45) is 0 Å². The van der Waals surface area contributed by atoms with E-state index in [-0.39, 0.29) is 31.9 Å². The van der Waals surface area contributed by atoms with Crippen LogP contribution in [0.2, 0.25) is 0 Å². The number of rotatable bonds is 3. The molecule has 1 heterocycles. The van der Waals surface area contributed by atoms with E-state index in [2.05, 4.69) is 0 Å². The maximum Gasteiger partial charge on any atom is 0.260 e. The summed E-state index contributed by atoms with van der Waals surface area (Å²) in [4.78, 5) is 13.1. The predicted octanol–water partition coefficient (Wildman–Crippen LogP) is 0.298. The Morgan fingerprint density at radius 3 is 2.50 bits per heavy atom. The molecule has 1 fully saturated rings. The van der Waals surface area contributed by atoms with Crippen molar-refractivity contribution in [2.45, 2.75) is 18.6 Å². The van der Waals surface area contributed by atoms with E-state index in [1.807, 2.05) is 0 Å². The first kappa shape index (κ1) is 14.7. The Morgan fingerprint density at radius 2 is 1.90 bits per heavy atom. The van der Waals surface area contributed by atoms with Gasteiger partial charge in [0.15, 0.2) is 18.2 Å². The number of nitrogens with zero attached hydrogens (tertiary/aromatic N) is 1. The SMILES string of the molecule is O=C(COc1ccc(F)c(F)c1)N1C[C@H](O)C[C@H](O)C1. The molecule has 1 saturated heterocycles. The van der Waals surface area contributed by atoms with Crippen molar-refractivity contribution in [3.63, 3.8) is 0 Å². The van der Waals surface area contributed by atoms with Crippen LogP contribution in [0.4, 0.5) is 8.78 Å². The van der Waals surface area contributed by atoms with Gasteiger partial charge in [0.2, 0.25) is 0 Å². The molecule has 2 atom stereocenters. The highest BCUT2D eigenvalue weighted by Crippen LogP contribution is 2.16. The second-order valence-electron chi connectivity index (χ2n) is 4.71. The van der Waals surface area contributed by atoms with E-state index in [9.17, 15) is 23.8 Å². The molecule has 1 aromatic rings. The van der Waals surface area contributed by atoms with E-state index < -0.39 is 29.7 Å². The van der Waals surface area contributed by atoms with Gasteiger partial charge in [0.1, 0.15) is 5.75 Å². The zero-order valence-electron chi connectivity index (χ0n) is 10.6. The lowest BCUT2D eigenvalue weighted by Crippen LogP contribution is -2.49. The number of aliphatic hydroxyl groups excluding tert-OH is 2. The van der Waals surface area contributed by atoms with Crippen LogP contribution >= 0.6 is 0 Å². The van der Waals surface area contributed by atoms with Gasteiger partial charge in [0, 0.05) is 25.6 Å². The molecule has 0 bridgehead atoms. The molecule has 1 amide bonds. The van der Waals surface area contributed by atoms with Crippen molar-refractivity contribution in [2.75, 3.05) is 19.7 Å². The summed E-state index contributed by atoms with van der Waals surface area (Å²) in [7, 11) is 0. The first-order valence-electron chi connectivity index (χ1n) is 6.17. The molecule has 1 aliphatic heterocycles. The lowest BCUT2D eigenvalue weighted by molar-refractivity contribution is -0.139. The number of likely N-dealkylation sites (tertiary alicyclic amines) is 1. The van der Waals surface area contributed by atoms with Crippen LogP contribution in [0.15, 0.2) is 18.2 Å². The molecule has 0 saturated carbocycles. The Hall–Kier alpha value is -1.73. The van der Waals surface area contributed by atoms with E-state index >= 15 is 0 Å². The monoisotopic (exact) mass is 287 g/mol. The fraction of sp³-hybridized carbons (Fsp3) is 0.462. The molecule has 110 valence electrons. The summed E-state index contributed by atoms with van der Waals surface area (Å²) in [5.74, 6) is -2.45. The Labute approximate surface area is 114 Å². The van der Waals surface area contributed by atoms with Gasteiger partial charge in [-0.2, -0.15) is 0 Å². The molecule has 2 N–H and O–H groups in total. The molecule has 0 spiro atoms. The molecule has 1 aromatic carbocycles. The minimum absolute atomic E-state index is 0.0374. The maximum absolute atomic E-state index is 12.9. The number of benzene rings is 1. The fourth-order valence-corrected chi connectivity index (χ4v) is 2.05. The fourth-order valence-electron chi connectivity index (χ4n) is 2.05. The van der Waals surface area contributed by atoms with E-state index in [0.29, 0.717) is 0 Å². The number of ether oxygens (including phenoxy) is 1. The van der Waals surface area contributed by atoms with E-state index in [1.54, 1.807) is 0 Å². The van der Waals surface area contributed by atoms with Crippen LogP contribution in [-0.2, 0) is 4.79 Å². The van der Waals surface area contributed by atoms with Crippen LogP contribution < -0.4 is 4.74 Å². The average molecular weight is 287 g/mol. The van der Waals surface area contributed by atoms with E-state index in [1.165, 1.54) is 11.0 Å². The second kappa shape index (κ2) is 6.15. The van der Waals surface area contributed by atoms with Crippen molar-refractivity contribution in [3.05, 3.63) is 29.8 Å². The molecule has 5 nitrogen and oxygen atoms in total. The molecule has 0 aliphatic carbocycles. The number of hydrogen-bond acceptors (Lipinski definition) is 4. The number of halogens is 2. The summed E-state index contributed by atoms with van der Waals surface area (Å²) in [6.07, 6.45) is -1.31. The zero-order chi connectivity index (χ0) is 14.7. The number of amides is 1. The molecule has 2 rings (SSSR count). The largest absolute Gasteiger partial charge is 0.484 e. The van der Waals surface area contributed by atoms with E-state index in [4.69, 9.17) is 4.74 Å². The Bertz CT molecular complexity index is 487. The number of β-amino-alcohol motifs (C(OH)–C–C–N with tert-alkyl or cyclic N) is 2.